The fraction of sp³-hybridized carbons (Fsp3) is 1.00. The van der Waals surface area contributed by atoms with Crippen molar-refractivity contribution in [3.63, 3.8) is 0 Å². The molecule has 2 atom stereocenters. The molecule has 0 aromatic carbocycles. The highest BCUT2D eigenvalue weighted by Crippen LogP contribution is 2.38. The van der Waals surface area contributed by atoms with Crippen LogP contribution in [0.15, 0.2) is 0 Å². The van der Waals surface area contributed by atoms with Crippen LogP contribution < -0.4 is 5.32 Å². The van der Waals surface area contributed by atoms with Crippen LogP contribution in [0, 0.1) is 5.41 Å². The van der Waals surface area contributed by atoms with Gasteiger partial charge in [-0.05, 0) is 57.9 Å². The van der Waals surface area contributed by atoms with Crippen LogP contribution in [0.1, 0.15) is 73.6 Å². The monoisotopic (exact) mass is 255 g/mol. The van der Waals surface area contributed by atoms with Gasteiger partial charge in [-0.15, -0.1) is 0 Å². The Morgan fingerprint density at radius 2 is 1.94 bits per heavy atom. The maximum atomic E-state index is 6.41. The molecule has 108 valence electrons. The molecule has 1 fully saturated rings. The van der Waals surface area contributed by atoms with E-state index in [1.165, 1.54) is 25.7 Å². The summed E-state index contributed by atoms with van der Waals surface area (Å²) in [5.41, 5.74) is 0.434. The van der Waals surface area contributed by atoms with E-state index in [0.717, 1.165) is 13.0 Å². The summed E-state index contributed by atoms with van der Waals surface area (Å²) in [4.78, 5) is 0. The normalized spacial score (nSPS) is 28.3. The number of hydrogen-bond acceptors (Lipinski definition) is 2. The molecular formula is C16H33NO. The molecule has 2 unspecified atom stereocenters. The molecule has 1 N–H and O–H groups in total. The Kier molecular flexibility index (Phi) is 5.67. The van der Waals surface area contributed by atoms with E-state index in [0.29, 0.717) is 17.6 Å². The molecule has 0 aromatic heterocycles. The van der Waals surface area contributed by atoms with E-state index in [9.17, 15) is 0 Å². The molecule has 2 nitrogen and oxygen atoms in total. The van der Waals surface area contributed by atoms with Crippen LogP contribution in [0.25, 0.3) is 0 Å². The van der Waals surface area contributed by atoms with Crippen LogP contribution in [0.2, 0.25) is 0 Å². The summed E-state index contributed by atoms with van der Waals surface area (Å²) < 4.78 is 6.41. The molecule has 18 heavy (non-hydrogen) atoms. The third-order valence-electron chi connectivity index (χ3n) is 4.31. The van der Waals surface area contributed by atoms with Crippen LogP contribution >= 0.6 is 0 Å². The van der Waals surface area contributed by atoms with E-state index >= 15 is 0 Å². The molecule has 0 bridgehead atoms. The largest absolute Gasteiger partial charge is 0.371 e. The van der Waals surface area contributed by atoms with Crippen molar-refractivity contribution in [3.05, 3.63) is 0 Å². The van der Waals surface area contributed by atoms with Gasteiger partial charge in [0, 0.05) is 6.04 Å². The minimum absolute atomic E-state index is 0.00420. The molecule has 0 amide bonds. The van der Waals surface area contributed by atoms with Gasteiger partial charge in [-0.1, -0.05) is 27.7 Å². The first kappa shape index (κ1) is 16.0. The average molecular weight is 255 g/mol. The second-order valence-corrected chi connectivity index (χ2v) is 7.24. The zero-order valence-corrected chi connectivity index (χ0v) is 13.3. The minimum Gasteiger partial charge on any atom is -0.371 e. The van der Waals surface area contributed by atoms with Crippen molar-refractivity contribution in [1.29, 1.82) is 0 Å². The van der Waals surface area contributed by atoms with Crippen molar-refractivity contribution in [2.24, 2.45) is 5.41 Å². The van der Waals surface area contributed by atoms with Crippen molar-refractivity contribution in [2.45, 2.75) is 91.4 Å². The Balaban J connectivity index is 2.65. The zero-order chi connectivity index (χ0) is 13.8. The lowest BCUT2D eigenvalue weighted by atomic mass is 9.73. The van der Waals surface area contributed by atoms with Crippen molar-refractivity contribution in [1.82, 2.24) is 5.32 Å². The predicted molar refractivity (Wildman–Crippen MR) is 79.0 cm³/mol. The standard InChI is InChI=1S/C16H33NO/c1-7-11-17-13-9-10-15(3,4)12-14(13)18-16(5,6)8-2/h13-14,17H,7-12H2,1-6H3. The molecule has 0 aromatic rings. The molecule has 1 aliphatic rings. The maximum absolute atomic E-state index is 6.41. The van der Waals surface area contributed by atoms with Gasteiger partial charge in [0.2, 0.25) is 0 Å². The molecule has 2 heteroatoms. The highest BCUT2D eigenvalue weighted by atomic mass is 16.5. The molecule has 0 aliphatic heterocycles. The van der Waals surface area contributed by atoms with E-state index in [1.807, 2.05) is 0 Å². The summed E-state index contributed by atoms with van der Waals surface area (Å²) in [7, 11) is 0. The van der Waals surface area contributed by atoms with Crippen molar-refractivity contribution in [2.75, 3.05) is 6.54 Å². The summed E-state index contributed by atoms with van der Waals surface area (Å²) in [6.07, 6.45) is 6.37. The van der Waals surface area contributed by atoms with E-state index in [4.69, 9.17) is 4.74 Å². The highest BCUT2D eigenvalue weighted by Gasteiger charge is 2.37. The van der Waals surface area contributed by atoms with Crippen LogP contribution in [-0.2, 0) is 4.74 Å². The van der Waals surface area contributed by atoms with Crippen LogP contribution in [-0.4, -0.2) is 24.3 Å². The summed E-state index contributed by atoms with van der Waals surface area (Å²) in [6, 6.07) is 0.545. The van der Waals surface area contributed by atoms with Gasteiger partial charge in [-0.25, -0.2) is 0 Å². The van der Waals surface area contributed by atoms with Gasteiger partial charge in [-0.2, -0.15) is 0 Å². The fourth-order valence-corrected chi connectivity index (χ4v) is 2.70. The lowest BCUT2D eigenvalue weighted by Gasteiger charge is -2.44. The molecule has 0 heterocycles. The third kappa shape index (κ3) is 4.89. The van der Waals surface area contributed by atoms with E-state index in [-0.39, 0.29) is 5.60 Å². The first-order valence-electron chi connectivity index (χ1n) is 7.71. The van der Waals surface area contributed by atoms with Crippen LogP contribution in [0.4, 0.5) is 0 Å². The predicted octanol–water partition coefficient (Wildman–Crippen LogP) is 4.14. The molecule has 0 radical (unpaired) electrons. The number of ether oxygens (including phenoxy) is 1. The van der Waals surface area contributed by atoms with Gasteiger partial charge in [0.25, 0.3) is 0 Å². The topological polar surface area (TPSA) is 21.3 Å². The second kappa shape index (κ2) is 6.38. The quantitative estimate of drug-likeness (QED) is 0.770. The van der Waals surface area contributed by atoms with E-state index in [2.05, 4.69) is 46.9 Å². The summed E-state index contributed by atoms with van der Waals surface area (Å²) in [5, 5.41) is 3.68. The minimum atomic E-state index is 0.00420. The first-order valence-corrected chi connectivity index (χ1v) is 7.71. The SMILES string of the molecule is CCCNC1CCC(C)(C)CC1OC(C)(C)CC. The van der Waals surface area contributed by atoms with Crippen LogP contribution in [0.3, 0.4) is 0 Å². The van der Waals surface area contributed by atoms with Crippen molar-refractivity contribution < 1.29 is 4.74 Å². The van der Waals surface area contributed by atoms with Gasteiger partial charge in [0.1, 0.15) is 0 Å². The van der Waals surface area contributed by atoms with E-state index < -0.39 is 0 Å². The van der Waals surface area contributed by atoms with E-state index in [1.54, 1.807) is 0 Å². The van der Waals surface area contributed by atoms with Gasteiger partial charge < -0.3 is 10.1 Å². The first-order chi connectivity index (χ1) is 8.29. The van der Waals surface area contributed by atoms with Gasteiger partial charge in [-0.3, -0.25) is 0 Å². The van der Waals surface area contributed by atoms with Gasteiger partial charge in [0.15, 0.2) is 0 Å². The maximum Gasteiger partial charge on any atom is 0.0740 e. The van der Waals surface area contributed by atoms with Crippen molar-refractivity contribution >= 4 is 0 Å². The van der Waals surface area contributed by atoms with Gasteiger partial charge in [0.05, 0.1) is 11.7 Å². The average Bonchev–Trinajstić information content (AvgIpc) is 2.27. The molecule has 1 rings (SSSR count). The smallest absolute Gasteiger partial charge is 0.0740 e. The van der Waals surface area contributed by atoms with Gasteiger partial charge >= 0.3 is 0 Å². The number of nitrogens with one attached hydrogen (secondary N) is 1. The lowest BCUT2D eigenvalue weighted by molar-refractivity contribution is -0.115. The van der Waals surface area contributed by atoms with Crippen LogP contribution in [0.5, 0.6) is 0 Å². The molecule has 0 saturated heterocycles. The van der Waals surface area contributed by atoms with Crippen molar-refractivity contribution in [3.8, 4) is 0 Å². The number of hydrogen-bond donors (Lipinski definition) is 1. The third-order valence-corrected chi connectivity index (χ3v) is 4.31. The Morgan fingerprint density at radius 1 is 1.28 bits per heavy atom. The summed E-state index contributed by atoms with van der Waals surface area (Å²) >= 11 is 0. The fourth-order valence-electron chi connectivity index (χ4n) is 2.70. The molecule has 0 spiro atoms. The Labute approximate surface area is 114 Å². The summed E-state index contributed by atoms with van der Waals surface area (Å²) in [6.45, 7) is 14.7. The highest BCUT2D eigenvalue weighted by molar-refractivity contribution is 4.91. The Morgan fingerprint density at radius 3 is 2.50 bits per heavy atom. The molecule has 1 aliphatic carbocycles. The Bertz CT molecular complexity index is 247. The molecule has 1 saturated carbocycles. The lowest BCUT2D eigenvalue weighted by Crippen LogP contribution is -2.50. The second-order valence-electron chi connectivity index (χ2n) is 7.24. The molecular weight excluding hydrogens is 222 g/mol. The summed E-state index contributed by atoms with van der Waals surface area (Å²) in [5.74, 6) is 0. The Hall–Kier alpha value is -0.0800. The zero-order valence-electron chi connectivity index (χ0n) is 13.3. The number of rotatable bonds is 6.